The average molecular weight is 599 g/mol. The third kappa shape index (κ3) is 5.65. The maximum absolute atomic E-state index is 13.6. The number of anilines is 1. The number of fused-ring (bicyclic) bond motifs is 1. The number of hydrogen-bond acceptors (Lipinski definition) is 7. The molecule has 40 heavy (non-hydrogen) atoms. The van der Waals surface area contributed by atoms with Gasteiger partial charge in [-0.15, -0.1) is 0 Å². The summed E-state index contributed by atoms with van der Waals surface area (Å²) in [5, 5.41) is 4.00. The fourth-order valence-electron chi connectivity index (χ4n) is 4.45. The number of sulfonamides is 1. The number of halogens is 1. The molecule has 0 bridgehead atoms. The minimum Gasteiger partial charge on any atom is -0.379 e. The fourth-order valence-corrected chi connectivity index (χ4v) is 7.06. The topological polar surface area (TPSA) is 111 Å². The Morgan fingerprint density at radius 1 is 1.07 bits per heavy atom. The molecule has 0 spiro atoms. The molecule has 5 rings (SSSR count). The Morgan fingerprint density at radius 3 is 2.60 bits per heavy atom. The second-order valence-electron chi connectivity index (χ2n) is 9.29. The number of aromatic nitrogens is 2. The minimum atomic E-state index is -3.85. The van der Waals surface area contributed by atoms with Crippen molar-refractivity contribution in [3.05, 3.63) is 87.2 Å². The van der Waals surface area contributed by atoms with Gasteiger partial charge in [0.1, 0.15) is 4.90 Å². The lowest BCUT2D eigenvalue weighted by Gasteiger charge is -2.27. The summed E-state index contributed by atoms with van der Waals surface area (Å²) in [5.41, 5.74) is 2.43. The molecule has 0 saturated carbocycles. The second-order valence-corrected chi connectivity index (χ2v) is 12.5. The highest BCUT2D eigenvalue weighted by Gasteiger charge is 2.29. The van der Waals surface area contributed by atoms with Crippen LogP contribution in [0.3, 0.4) is 0 Å². The number of benzene rings is 3. The summed E-state index contributed by atoms with van der Waals surface area (Å²) in [4.78, 5) is 31.4. The van der Waals surface area contributed by atoms with E-state index in [1.807, 2.05) is 6.92 Å². The first-order valence-electron chi connectivity index (χ1n) is 12.6. The number of para-hydroxylation sites is 1. The number of nitrogens with one attached hydrogen (secondary N) is 1. The SMILES string of the molecule is Cc1ccc(NC(=O)CSc2nc3ccccc3c(=O)n2-c2cccc(Cl)c2C)c(S(=O)(=O)N2CCOCC2)c1. The summed E-state index contributed by atoms with van der Waals surface area (Å²) < 4.78 is 34.9. The van der Waals surface area contributed by atoms with Crippen molar-refractivity contribution in [1.82, 2.24) is 13.9 Å². The quantitative estimate of drug-likeness (QED) is 0.248. The molecule has 1 fully saturated rings. The number of carbonyl (C=O) groups is 1. The molecule has 208 valence electrons. The molecule has 2 heterocycles. The summed E-state index contributed by atoms with van der Waals surface area (Å²) in [6.07, 6.45) is 0. The van der Waals surface area contributed by atoms with Crippen molar-refractivity contribution in [2.24, 2.45) is 0 Å². The van der Waals surface area contributed by atoms with Gasteiger partial charge in [0.15, 0.2) is 5.16 Å². The number of carbonyl (C=O) groups excluding carboxylic acids is 1. The van der Waals surface area contributed by atoms with Crippen LogP contribution in [0, 0.1) is 13.8 Å². The van der Waals surface area contributed by atoms with Crippen LogP contribution in [0.1, 0.15) is 11.1 Å². The van der Waals surface area contributed by atoms with Crippen molar-refractivity contribution in [2.45, 2.75) is 23.9 Å². The van der Waals surface area contributed by atoms with Crippen molar-refractivity contribution in [2.75, 3.05) is 37.4 Å². The Bertz CT molecular complexity index is 1770. The minimum absolute atomic E-state index is 0.0306. The number of ether oxygens (including phenoxy) is 1. The van der Waals surface area contributed by atoms with Crippen molar-refractivity contribution in [1.29, 1.82) is 0 Å². The fraction of sp³-hybridized carbons (Fsp3) is 0.250. The number of amides is 1. The van der Waals surface area contributed by atoms with Crippen molar-refractivity contribution in [3.63, 3.8) is 0 Å². The van der Waals surface area contributed by atoms with Gasteiger partial charge in [-0.2, -0.15) is 4.31 Å². The number of morpholine rings is 1. The first-order valence-corrected chi connectivity index (χ1v) is 15.4. The summed E-state index contributed by atoms with van der Waals surface area (Å²) in [6.45, 7) is 4.73. The Kier molecular flexibility index (Phi) is 8.29. The van der Waals surface area contributed by atoms with Gasteiger partial charge in [0.2, 0.25) is 15.9 Å². The lowest BCUT2D eigenvalue weighted by Crippen LogP contribution is -2.41. The lowest BCUT2D eigenvalue weighted by molar-refractivity contribution is -0.113. The van der Waals surface area contributed by atoms with E-state index >= 15 is 0 Å². The van der Waals surface area contributed by atoms with Gasteiger partial charge >= 0.3 is 0 Å². The highest BCUT2D eigenvalue weighted by molar-refractivity contribution is 7.99. The lowest BCUT2D eigenvalue weighted by atomic mass is 10.2. The third-order valence-electron chi connectivity index (χ3n) is 6.56. The van der Waals surface area contributed by atoms with E-state index in [9.17, 15) is 18.0 Å². The highest BCUT2D eigenvalue weighted by Crippen LogP contribution is 2.29. The van der Waals surface area contributed by atoms with Crippen molar-refractivity contribution in [3.8, 4) is 5.69 Å². The van der Waals surface area contributed by atoms with Gasteiger partial charge in [0.05, 0.1) is 41.2 Å². The van der Waals surface area contributed by atoms with Crippen LogP contribution in [-0.4, -0.2) is 60.2 Å². The van der Waals surface area contributed by atoms with E-state index in [1.165, 1.54) is 8.87 Å². The van der Waals surface area contributed by atoms with E-state index in [-0.39, 0.29) is 35.0 Å². The first-order chi connectivity index (χ1) is 19.2. The zero-order valence-corrected chi connectivity index (χ0v) is 24.3. The Morgan fingerprint density at radius 2 is 1.82 bits per heavy atom. The first kappa shape index (κ1) is 28.3. The number of aryl methyl sites for hydroxylation is 1. The molecule has 12 heteroatoms. The third-order valence-corrected chi connectivity index (χ3v) is 9.84. The molecule has 1 amide bonds. The molecule has 0 atom stereocenters. The largest absolute Gasteiger partial charge is 0.379 e. The number of thioether (sulfide) groups is 1. The summed E-state index contributed by atoms with van der Waals surface area (Å²) in [5.74, 6) is -0.556. The zero-order valence-electron chi connectivity index (χ0n) is 21.9. The normalized spacial score (nSPS) is 14.4. The molecule has 0 radical (unpaired) electrons. The van der Waals surface area contributed by atoms with E-state index in [0.29, 0.717) is 45.5 Å². The maximum Gasteiger partial charge on any atom is 0.266 e. The number of hydrogen-bond donors (Lipinski definition) is 1. The maximum atomic E-state index is 13.6. The van der Waals surface area contributed by atoms with Gasteiger partial charge in [0, 0.05) is 18.1 Å². The number of rotatable bonds is 7. The molecule has 0 unspecified atom stereocenters. The van der Waals surface area contributed by atoms with Crippen LogP contribution in [-0.2, 0) is 19.6 Å². The highest BCUT2D eigenvalue weighted by atomic mass is 35.5. The smallest absolute Gasteiger partial charge is 0.266 e. The molecule has 1 N–H and O–H groups in total. The van der Waals surface area contributed by atoms with Crippen molar-refractivity contribution >= 4 is 55.9 Å². The summed E-state index contributed by atoms with van der Waals surface area (Å²) in [7, 11) is -3.85. The van der Waals surface area contributed by atoms with Crippen LogP contribution < -0.4 is 10.9 Å². The molecule has 4 aromatic rings. The van der Waals surface area contributed by atoms with E-state index < -0.39 is 15.9 Å². The average Bonchev–Trinajstić information content (AvgIpc) is 2.95. The Balaban J connectivity index is 1.45. The molecule has 1 aromatic heterocycles. The van der Waals surface area contributed by atoms with E-state index in [4.69, 9.17) is 16.3 Å². The van der Waals surface area contributed by atoms with Crippen LogP contribution in [0.2, 0.25) is 5.02 Å². The van der Waals surface area contributed by atoms with Crippen LogP contribution in [0.5, 0.6) is 0 Å². The van der Waals surface area contributed by atoms with Crippen LogP contribution in [0.25, 0.3) is 16.6 Å². The van der Waals surface area contributed by atoms with E-state index in [0.717, 1.165) is 17.3 Å². The molecule has 1 aliphatic rings. The van der Waals surface area contributed by atoms with Gasteiger partial charge < -0.3 is 10.1 Å². The van der Waals surface area contributed by atoms with Crippen LogP contribution in [0.4, 0.5) is 5.69 Å². The van der Waals surface area contributed by atoms with E-state index in [2.05, 4.69) is 10.3 Å². The van der Waals surface area contributed by atoms with Gasteiger partial charge in [-0.3, -0.25) is 14.2 Å². The molecule has 9 nitrogen and oxygen atoms in total. The van der Waals surface area contributed by atoms with Crippen LogP contribution >= 0.6 is 23.4 Å². The van der Waals surface area contributed by atoms with Gasteiger partial charge in [0.25, 0.3) is 5.56 Å². The van der Waals surface area contributed by atoms with Gasteiger partial charge in [-0.1, -0.05) is 47.6 Å². The molecule has 3 aromatic carbocycles. The Labute approximate surface area is 241 Å². The monoisotopic (exact) mass is 598 g/mol. The van der Waals surface area contributed by atoms with E-state index in [1.54, 1.807) is 67.6 Å². The van der Waals surface area contributed by atoms with Crippen molar-refractivity contribution < 1.29 is 17.9 Å². The van der Waals surface area contributed by atoms with Gasteiger partial charge in [-0.25, -0.2) is 13.4 Å². The molecule has 1 saturated heterocycles. The summed E-state index contributed by atoms with van der Waals surface area (Å²) in [6, 6.07) is 17.2. The molecular weight excluding hydrogens is 572 g/mol. The molecule has 1 aliphatic heterocycles. The second kappa shape index (κ2) is 11.7. The Hall–Kier alpha value is -3.22. The zero-order chi connectivity index (χ0) is 28.4. The standard InChI is InChI=1S/C28H27ClN4O5S2/c1-18-10-11-23(25(16-18)40(36,37)32-12-14-38-15-13-32)30-26(34)17-39-28-31-22-8-4-3-6-20(22)27(35)33(28)24-9-5-7-21(29)19(24)2/h3-11,16H,12-15,17H2,1-2H3,(H,30,34). The predicted molar refractivity (Wildman–Crippen MR) is 157 cm³/mol. The van der Waals surface area contributed by atoms with Gasteiger partial charge in [-0.05, 0) is 61.4 Å². The summed E-state index contributed by atoms with van der Waals surface area (Å²) >= 11 is 7.43. The molecular formula is C28H27ClN4O5S2. The molecule has 0 aliphatic carbocycles. The van der Waals surface area contributed by atoms with Crippen LogP contribution in [0.15, 0.2) is 75.5 Å². The number of nitrogens with zero attached hydrogens (tertiary/aromatic N) is 3. The predicted octanol–water partition coefficient (Wildman–Crippen LogP) is 4.41.